The zero-order valence-electron chi connectivity index (χ0n) is 13.5. The fourth-order valence-corrected chi connectivity index (χ4v) is 3.62. The Labute approximate surface area is 144 Å². The van der Waals surface area contributed by atoms with Crippen LogP contribution >= 0.6 is 0 Å². The molecule has 0 amide bonds. The molecule has 0 N–H and O–H groups in total. The minimum atomic E-state index is -4.15. The first kappa shape index (κ1) is 16.8. The normalized spacial score (nSPS) is 11.4. The molecule has 0 unspecified atom stereocenters. The number of benzene rings is 2. The van der Waals surface area contributed by atoms with Gasteiger partial charge in [-0.25, -0.2) is 4.98 Å². The first-order valence-electron chi connectivity index (χ1n) is 7.34. The second kappa shape index (κ2) is 6.14. The molecule has 1 heterocycles. The van der Waals surface area contributed by atoms with E-state index in [0.717, 1.165) is 17.1 Å². The van der Waals surface area contributed by atoms with Gasteiger partial charge in [0.15, 0.2) is 5.75 Å². The molecule has 0 radical (unpaired) electrons. The van der Waals surface area contributed by atoms with E-state index in [-0.39, 0.29) is 21.9 Å². The number of nitro benzene ring substituents is 1. The Kier molecular flexibility index (Phi) is 4.13. The molecule has 25 heavy (non-hydrogen) atoms. The van der Waals surface area contributed by atoms with Crippen molar-refractivity contribution in [2.45, 2.75) is 18.7 Å². The molecule has 0 saturated carbocycles. The summed E-state index contributed by atoms with van der Waals surface area (Å²) in [5.74, 6) is 0.110. The third kappa shape index (κ3) is 3.29. The maximum atomic E-state index is 12.6. The van der Waals surface area contributed by atoms with E-state index in [1.165, 1.54) is 25.1 Å². The Hall–Kier alpha value is -3.00. The smallest absolute Gasteiger partial charge is 0.339 e. The summed E-state index contributed by atoms with van der Waals surface area (Å²) in [4.78, 5) is 14.4. The number of aryl methyl sites for hydroxylation is 2. The second-order valence-electron chi connectivity index (χ2n) is 5.52. The van der Waals surface area contributed by atoms with Crippen LogP contribution in [0.2, 0.25) is 0 Å². The molecule has 2 aromatic carbocycles. The average molecular weight is 358 g/mol. The Bertz CT molecular complexity index is 1090. The Morgan fingerprint density at radius 2 is 1.84 bits per heavy atom. The van der Waals surface area contributed by atoms with Gasteiger partial charge in [0.2, 0.25) is 0 Å². The number of fused-ring (bicyclic) bond motifs is 1. The van der Waals surface area contributed by atoms with Crippen LogP contribution in [0.15, 0.2) is 53.4 Å². The monoisotopic (exact) mass is 358 g/mol. The largest absolute Gasteiger partial charge is 0.377 e. The fourth-order valence-electron chi connectivity index (χ4n) is 2.48. The van der Waals surface area contributed by atoms with Crippen molar-refractivity contribution in [3.05, 3.63) is 69.9 Å². The van der Waals surface area contributed by atoms with Gasteiger partial charge in [0.25, 0.3) is 5.69 Å². The van der Waals surface area contributed by atoms with Gasteiger partial charge in [-0.2, -0.15) is 8.42 Å². The molecule has 0 saturated heterocycles. The molecule has 3 aromatic rings. The molecule has 0 bridgehead atoms. The third-order valence-electron chi connectivity index (χ3n) is 3.66. The zero-order chi connectivity index (χ0) is 18.2. The van der Waals surface area contributed by atoms with Crippen LogP contribution in [0.5, 0.6) is 5.75 Å². The predicted octanol–water partition coefficient (Wildman–Crippen LogP) is 3.53. The average Bonchev–Trinajstić information content (AvgIpc) is 2.54. The molecule has 3 rings (SSSR count). The Morgan fingerprint density at radius 3 is 2.52 bits per heavy atom. The summed E-state index contributed by atoms with van der Waals surface area (Å²) in [6, 6.07) is 12.1. The lowest BCUT2D eigenvalue weighted by atomic mass is 10.2. The van der Waals surface area contributed by atoms with Crippen molar-refractivity contribution in [3.8, 4) is 5.75 Å². The van der Waals surface area contributed by atoms with Gasteiger partial charge in [0.1, 0.15) is 10.4 Å². The van der Waals surface area contributed by atoms with Crippen LogP contribution < -0.4 is 4.18 Å². The predicted molar refractivity (Wildman–Crippen MR) is 92.1 cm³/mol. The first-order valence-corrected chi connectivity index (χ1v) is 8.75. The maximum absolute atomic E-state index is 12.6. The van der Waals surface area contributed by atoms with Gasteiger partial charge in [-0.15, -0.1) is 0 Å². The van der Waals surface area contributed by atoms with E-state index in [9.17, 15) is 18.5 Å². The number of non-ortho nitro benzene ring substituents is 1. The van der Waals surface area contributed by atoms with Gasteiger partial charge in [-0.05, 0) is 37.6 Å². The van der Waals surface area contributed by atoms with Gasteiger partial charge >= 0.3 is 10.1 Å². The maximum Gasteiger partial charge on any atom is 0.339 e. The molecule has 7 nitrogen and oxygen atoms in total. The molecule has 0 atom stereocenters. The summed E-state index contributed by atoms with van der Waals surface area (Å²) in [7, 11) is -4.15. The summed E-state index contributed by atoms with van der Waals surface area (Å²) >= 11 is 0. The van der Waals surface area contributed by atoms with Gasteiger partial charge in [0, 0.05) is 23.2 Å². The molecule has 0 spiro atoms. The van der Waals surface area contributed by atoms with Crippen LogP contribution in [0.3, 0.4) is 0 Å². The van der Waals surface area contributed by atoms with E-state index in [2.05, 4.69) is 4.98 Å². The number of hydrogen-bond donors (Lipinski definition) is 0. The highest BCUT2D eigenvalue weighted by atomic mass is 32.2. The molecule has 1 aromatic heterocycles. The van der Waals surface area contributed by atoms with Crippen molar-refractivity contribution < 1.29 is 17.5 Å². The molecular weight excluding hydrogens is 344 g/mol. The van der Waals surface area contributed by atoms with Crippen molar-refractivity contribution >= 4 is 26.7 Å². The highest BCUT2D eigenvalue weighted by Gasteiger charge is 2.22. The van der Waals surface area contributed by atoms with E-state index in [1.807, 2.05) is 12.1 Å². The number of para-hydroxylation sites is 1. The second-order valence-corrected chi connectivity index (χ2v) is 7.04. The zero-order valence-corrected chi connectivity index (χ0v) is 14.3. The standard InChI is InChI=1S/C17H14N2O5S/c1-11-10-14(19(20)21)8-9-16(11)25(22,23)24-15-5-3-4-13-7-6-12(2)18-17(13)15/h3-10H,1-2H3. The number of rotatable bonds is 4. The Morgan fingerprint density at radius 1 is 1.08 bits per heavy atom. The van der Waals surface area contributed by atoms with E-state index in [1.54, 1.807) is 19.1 Å². The number of hydrogen-bond acceptors (Lipinski definition) is 6. The number of nitrogens with zero attached hydrogens (tertiary/aromatic N) is 2. The van der Waals surface area contributed by atoms with Crippen LogP contribution in [0, 0.1) is 24.0 Å². The quantitative estimate of drug-likeness (QED) is 0.402. The van der Waals surface area contributed by atoms with Crippen LogP contribution in [0.25, 0.3) is 10.9 Å². The molecule has 0 aliphatic carbocycles. The van der Waals surface area contributed by atoms with Crippen LogP contribution in [0.1, 0.15) is 11.3 Å². The highest BCUT2D eigenvalue weighted by Crippen LogP contribution is 2.29. The van der Waals surface area contributed by atoms with Gasteiger partial charge in [-0.3, -0.25) is 10.1 Å². The van der Waals surface area contributed by atoms with Crippen molar-refractivity contribution in [1.29, 1.82) is 0 Å². The summed E-state index contributed by atoms with van der Waals surface area (Å²) in [5, 5.41) is 11.5. The van der Waals surface area contributed by atoms with Crippen molar-refractivity contribution in [3.63, 3.8) is 0 Å². The van der Waals surface area contributed by atoms with Gasteiger partial charge < -0.3 is 4.18 Å². The number of pyridine rings is 1. The van der Waals surface area contributed by atoms with E-state index in [0.29, 0.717) is 5.52 Å². The lowest BCUT2D eigenvalue weighted by Crippen LogP contribution is -2.12. The number of nitro groups is 1. The lowest BCUT2D eigenvalue weighted by molar-refractivity contribution is -0.385. The molecular formula is C17H14N2O5S. The van der Waals surface area contributed by atoms with Crippen molar-refractivity contribution in [1.82, 2.24) is 4.98 Å². The van der Waals surface area contributed by atoms with Gasteiger partial charge in [0.05, 0.1) is 4.92 Å². The SMILES string of the molecule is Cc1ccc2cccc(OS(=O)(=O)c3ccc([N+](=O)[O-])cc3C)c2n1. The minimum absolute atomic E-state index is 0.110. The topological polar surface area (TPSA) is 99.4 Å². The molecule has 0 aliphatic heterocycles. The summed E-state index contributed by atoms with van der Waals surface area (Å²) < 4.78 is 30.5. The number of aromatic nitrogens is 1. The van der Waals surface area contributed by atoms with E-state index in [4.69, 9.17) is 4.18 Å². The molecule has 8 heteroatoms. The lowest BCUT2D eigenvalue weighted by Gasteiger charge is -2.11. The summed E-state index contributed by atoms with van der Waals surface area (Å²) in [6.07, 6.45) is 0. The molecule has 0 aliphatic rings. The van der Waals surface area contributed by atoms with Crippen LogP contribution in [-0.4, -0.2) is 18.3 Å². The van der Waals surface area contributed by atoms with E-state index < -0.39 is 15.0 Å². The van der Waals surface area contributed by atoms with Crippen molar-refractivity contribution in [2.24, 2.45) is 0 Å². The fraction of sp³-hybridized carbons (Fsp3) is 0.118. The van der Waals surface area contributed by atoms with Gasteiger partial charge in [-0.1, -0.05) is 18.2 Å². The first-order chi connectivity index (χ1) is 11.8. The van der Waals surface area contributed by atoms with Crippen molar-refractivity contribution in [2.75, 3.05) is 0 Å². The summed E-state index contributed by atoms with van der Waals surface area (Å²) in [5.41, 5.74) is 1.22. The summed E-state index contributed by atoms with van der Waals surface area (Å²) in [6.45, 7) is 3.28. The van der Waals surface area contributed by atoms with Crippen LogP contribution in [-0.2, 0) is 10.1 Å². The van der Waals surface area contributed by atoms with Crippen LogP contribution in [0.4, 0.5) is 5.69 Å². The van der Waals surface area contributed by atoms with E-state index >= 15 is 0 Å². The highest BCUT2D eigenvalue weighted by molar-refractivity contribution is 7.87. The Balaban J connectivity index is 2.06. The third-order valence-corrected chi connectivity index (χ3v) is 5.06. The molecule has 128 valence electrons. The molecule has 0 fully saturated rings. The minimum Gasteiger partial charge on any atom is -0.377 e.